The van der Waals surface area contributed by atoms with Crippen molar-refractivity contribution in [2.24, 2.45) is 0 Å². The van der Waals surface area contributed by atoms with E-state index in [9.17, 15) is 4.39 Å². The molecule has 2 aromatic rings. The quantitative estimate of drug-likeness (QED) is 0.913. The molecule has 0 aliphatic rings. The number of nitrogens with two attached hydrogens (primary N) is 1. The Labute approximate surface area is 125 Å². The molecule has 0 atom stereocenters. The van der Waals surface area contributed by atoms with Crippen molar-refractivity contribution >= 4 is 21.7 Å². The summed E-state index contributed by atoms with van der Waals surface area (Å²) in [5, 5.41) is 0. The Morgan fingerprint density at radius 1 is 1.35 bits per heavy atom. The average Bonchev–Trinajstić information content (AvgIpc) is 2.39. The van der Waals surface area contributed by atoms with Gasteiger partial charge in [0.15, 0.2) is 11.6 Å². The van der Waals surface area contributed by atoms with Crippen molar-refractivity contribution in [1.82, 2.24) is 9.97 Å². The maximum Gasteiger partial charge on any atom is 0.227 e. The number of ether oxygens (including phenoxy) is 1. The molecule has 0 aliphatic carbocycles. The van der Waals surface area contributed by atoms with Crippen molar-refractivity contribution in [3.8, 4) is 11.6 Å². The number of hydrogen-bond donors (Lipinski definition) is 1. The van der Waals surface area contributed by atoms with Crippen LogP contribution in [0.3, 0.4) is 0 Å². The summed E-state index contributed by atoms with van der Waals surface area (Å²) < 4.78 is 20.0. The third-order valence-corrected chi connectivity index (χ3v) is 3.25. The smallest absolute Gasteiger partial charge is 0.227 e. The summed E-state index contributed by atoms with van der Waals surface area (Å²) in [4.78, 5) is 8.48. The molecule has 0 amide bonds. The van der Waals surface area contributed by atoms with Crippen LogP contribution in [-0.4, -0.2) is 9.97 Å². The van der Waals surface area contributed by atoms with Gasteiger partial charge >= 0.3 is 0 Å². The van der Waals surface area contributed by atoms with Gasteiger partial charge in [0.25, 0.3) is 0 Å². The van der Waals surface area contributed by atoms with E-state index in [0.29, 0.717) is 34.0 Å². The minimum atomic E-state index is -0.465. The number of nitrogen functional groups attached to an aromatic ring is 1. The van der Waals surface area contributed by atoms with E-state index >= 15 is 0 Å². The Balaban J connectivity index is 2.37. The highest BCUT2D eigenvalue weighted by Gasteiger charge is 2.13. The van der Waals surface area contributed by atoms with E-state index in [-0.39, 0.29) is 5.75 Å². The van der Waals surface area contributed by atoms with Crippen LogP contribution in [-0.2, 0) is 6.42 Å². The molecule has 1 heterocycles. The first-order chi connectivity index (χ1) is 9.51. The Bertz CT molecular complexity index is 634. The summed E-state index contributed by atoms with van der Waals surface area (Å²) >= 11 is 3.20. The number of anilines is 1. The molecule has 4 nitrogen and oxygen atoms in total. The first-order valence-electron chi connectivity index (χ1n) is 6.27. The van der Waals surface area contributed by atoms with Crippen LogP contribution in [0, 0.1) is 12.7 Å². The first kappa shape index (κ1) is 14.7. The maximum absolute atomic E-state index is 13.8. The number of hydrogen-bond acceptors (Lipinski definition) is 4. The fourth-order valence-electron chi connectivity index (χ4n) is 1.66. The summed E-state index contributed by atoms with van der Waals surface area (Å²) in [7, 11) is 0. The van der Waals surface area contributed by atoms with Crippen LogP contribution >= 0.6 is 15.9 Å². The molecule has 2 rings (SSSR count). The van der Waals surface area contributed by atoms with Crippen molar-refractivity contribution < 1.29 is 9.13 Å². The van der Waals surface area contributed by atoms with Crippen LogP contribution in [0.15, 0.2) is 22.7 Å². The Morgan fingerprint density at radius 3 is 2.75 bits per heavy atom. The van der Waals surface area contributed by atoms with Gasteiger partial charge in [-0.05, 0) is 31.5 Å². The zero-order chi connectivity index (χ0) is 14.7. The summed E-state index contributed by atoms with van der Waals surface area (Å²) in [6.45, 7) is 3.77. The van der Waals surface area contributed by atoms with Crippen molar-refractivity contribution in [3.05, 3.63) is 39.9 Å². The van der Waals surface area contributed by atoms with Crippen molar-refractivity contribution in [2.45, 2.75) is 26.7 Å². The zero-order valence-corrected chi connectivity index (χ0v) is 12.9. The highest BCUT2D eigenvalue weighted by molar-refractivity contribution is 9.10. The summed E-state index contributed by atoms with van der Waals surface area (Å²) in [6, 6.07) is 4.57. The lowest BCUT2D eigenvalue weighted by molar-refractivity contribution is 0.421. The number of benzene rings is 1. The van der Waals surface area contributed by atoms with Crippen LogP contribution in [0.5, 0.6) is 11.6 Å². The van der Waals surface area contributed by atoms with Gasteiger partial charge in [0.05, 0.1) is 5.56 Å². The number of nitrogens with zero attached hydrogens (tertiary/aromatic N) is 2. The normalized spacial score (nSPS) is 10.6. The summed E-state index contributed by atoms with van der Waals surface area (Å²) in [5.41, 5.74) is 6.44. The third kappa shape index (κ3) is 3.25. The van der Waals surface area contributed by atoms with E-state index in [2.05, 4.69) is 25.9 Å². The topological polar surface area (TPSA) is 61.0 Å². The van der Waals surface area contributed by atoms with Gasteiger partial charge in [0.1, 0.15) is 11.6 Å². The lowest BCUT2D eigenvalue weighted by Gasteiger charge is -2.11. The highest BCUT2D eigenvalue weighted by atomic mass is 79.9. The van der Waals surface area contributed by atoms with Crippen molar-refractivity contribution in [1.29, 1.82) is 0 Å². The minimum Gasteiger partial charge on any atom is -0.435 e. The van der Waals surface area contributed by atoms with Gasteiger partial charge in [-0.15, -0.1) is 0 Å². The summed E-state index contributed by atoms with van der Waals surface area (Å²) in [6.07, 6.45) is 1.60. The molecular formula is C14H15BrFN3O. The van der Waals surface area contributed by atoms with Crippen LogP contribution in [0.25, 0.3) is 0 Å². The van der Waals surface area contributed by atoms with Crippen LogP contribution < -0.4 is 10.5 Å². The molecule has 0 spiro atoms. The maximum atomic E-state index is 13.8. The second-order valence-corrected chi connectivity index (χ2v) is 5.30. The molecule has 0 saturated heterocycles. The second kappa shape index (κ2) is 6.17. The third-order valence-electron chi connectivity index (χ3n) is 2.76. The summed E-state index contributed by atoms with van der Waals surface area (Å²) in [5.74, 6) is 0.895. The zero-order valence-electron chi connectivity index (χ0n) is 11.3. The van der Waals surface area contributed by atoms with Gasteiger partial charge in [-0.1, -0.05) is 22.9 Å². The molecule has 0 aliphatic heterocycles. The fraction of sp³-hybridized carbons (Fsp3) is 0.286. The second-order valence-electron chi connectivity index (χ2n) is 4.38. The van der Waals surface area contributed by atoms with E-state index in [1.54, 1.807) is 13.0 Å². The SMILES string of the molecule is CCCc1nc(N)c(C)c(Oc2ccc(Br)cc2F)n1. The standard InChI is InChI=1S/C14H15BrFN3O/c1-3-4-12-18-13(17)8(2)14(19-12)20-11-6-5-9(15)7-10(11)16/h5-7H,3-4H2,1-2H3,(H2,17,18,19). The molecule has 1 aromatic heterocycles. The molecular weight excluding hydrogens is 325 g/mol. The number of rotatable bonds is 4. The van der Waals surface area contributed by atoms with E-state index in [0.717, 1.165) is 6.42 Å². The Hall–Kier alpha value is -1.69. The first-order valence-corrected chi connectivity index (χ1v) is 7.06. The van der Waals surface area contributed by atoms with Crippen LogP contribution in [0.4, 0.5) is 10.2 Å². The highest BCUT2D eigenvalue weighted by Crippen LogP contribution is 2.29. The number of aryl methyl sites for hydroxylation is 1. The molecule has 20 heavy (non-hydrogen) atoms. The molecule has 0 unspecified atom stereocenters. The molecule has 6 heteroatoms. The number of halogens is 2. The van der Waals surface area contributed by atoms with E-state index in [1.165, 1.54) is 12.1 Å². The van der Waals surface area contributed by atoms with E-state index in [4.69, 9.17) is 10.5 Å². The van der Waals surface area contributed by atoms with Gasteiger partial charge in [-0.25, -0.2) is 9.37 Å². The molecule has 106 valence electrons. The van der Waals surface area contributed by atoms with E-state index in [1.807, 2.05) is 6.92 Å². The van der Waals surface area contributed by atoms with Crippen molar-refractivity contribution in [3.63, 3.8) is 0 Å². The molecule has 1 aromatic carbocycles. The molecule has 0 saturated carbocycles. The fourth-order valence-corrected chi connectivity index (χ4v) is 1.99. The molecule has 0 fully saturated rings. The number of aromatic nitrogens is 2. The van der Waals surface area contributed by atoms with Crippen molar-refractivity contribution in [2.75, 3.05) is 5.73 Å². The van der Waals surface area contributed by atoms with Gasteiger partial charge in [-0.2, -0.15) is 4.98 Å². The van der Waals surface area contributed by atoms with Gasteiger partial charge in [0.2, 0.25) is 5.88 Å². The average molecular weight is 340 g/mol. The van der Waals surface area contributed by atoms with Gasteiger partial charge < -0.3 is 10.5 Å². The van der Waals surface area contributed by atoms with E-state index < -0.39 is 5.82 Å². The van der Waals surface area contributed by atoms with Gasteiger partial charge in [-0.3, -0.25) is 0 Å². The minimum absolute atomic E-state index is 0.108. The predicted molar refractivity (Wildman–Crippen MR) is 79.4 cm³/mol. The van der Waals surface area contributed by atoms with Gasteiger partial charge in [0, 0.05) is 10.9 Å². The predicted octanol–water partition coefficient (Wildman–Crippen LogP) is 4.01. The monoisotopic (exact) mass is 339 g/mol. The lowest BCUT2D eigenvalue weighted by Crippen LogP contribution is -2.05. The Kier molecular flexibility index (Phi) is 4.54. The van der Waals surface area contributed by atoms with Crippen LogP contribution in [0.2, 0.25) is 0 Å². The molecule has 0 radical (unpaired) electrons. The molecule has 0 bridgehead atoms. The molecule has 2 N–H and O–H groups in total. The lowest BCUT2D eigenvalue weighted by atomic mass is 10.3. The largest absolute Gasteiger partial charge is 0.435 e. The Morgan fingerprint density at radius 2 is 2.10 bits per heavy atom. The van der Waals surface area contributed by atoms with Crippen LogP contribution in [0.1, 0.15) is 24.7 Å².